The smallest absolute Gasteiger partial charge is 0.273 e. The van der Waals surface area contributed by atoms with E-state index in [4.69, 9.17) is 9.47 Å². The topological polar surface area (TPSA) is 96.9 Å². The molecule has 0 unspecified atom stereocenters. The lowest BCUT2D eigenvalue weighted by atomic mass is 10.1. The molecule has 0 spiro atoms. The van der Waals surface area contributed by atoms with Crippen LogP contribution in [0, 0.1) is 6.92 Å². The molecular weight excluding hydrogens is 348 g/mol. The molecule has 7 heteroatoms. The number of carbonyl (C=O) groups excluding carboxylic acids is 2. The number of amides is 2. The Kier molecular flexibility index (Phi) is 7.05. The second-order valence-electron chi connectivity index (χ2n) is 6.00. The highest BCUT2D eigenvalue weighted by Gasteiger charge is 2.14. The van der Waals surface area contributed by atoms with Crippen LogP contribution < -0.4 is 20.3 Å². The summed E-state index contributed by atoms with van der Waals surface area (Å²) < 4.78 is 10.9. The van der Waals surface area contributed by atoms with Crippen LogP contribution in [0.25, 0.3) is 0 Å². The number of phenols is 1. The number of carbonyl (C=O) groups is 2. The predicted octanol–water partition coefficient (Wildman–Crippen LogP) is 2.96. The van der Waals surface area contributed by atoms with Gasteiger partial charge in [-0.1, -0.05) is 19.4 Å². The Balaban J connectivity index is 2.01. The molecule has 0 radical (unpaired) electrons. The van der Waals surface area contributed by atoms with Crippen molar-refractivity contribution in [1.29, 1.82) is 0 Å². The summed E-state index contributed by atoms with van der Waals surface area (Å²) >= 11 is 0. The number of hydrogen-bond acceptors (Lipinski definition) is 5. The lowest BCUT2D eigenvalue weighted by Crippen LogP contribution is -2.41. The zero-order valence-corrected chi connectivity index (χ0v) is 15.7. The van der Waals surface area contributed by atoms with E-state index in [2.05, 4.69) is 17.8 Å². The van der Waals surface area contributed by atoms with Gasteiger partial charge in [0.25, 0.3) is 11.8 Å². The van der Waals surface area contributed by atoms with Crippen molar-refractivity contribution in [2.24, 2.45) is 0 Å². The Morgan fingerprint density at radius 1 is 1.04 bits per heavy atom. The number of benzene rings is 2. The number of ether oxygens (including phenoxy) is 2. The van der Waals surface area contributed by atoms with Gasteiger partial charge in [0.2, 0.25) is 0 Å². The van der Waals surface area contributed by atoms with Crippen LogP contribution in [0.2, 0.25) is 0 Å². The molecule has 0 aliphatic carbocycles. The maximum atomic E-state index is 12.3. The number of rotatable bonds is 7. The van der Waals surface area contributed by atoms with E-state index in [0.717, 1.165) is 18.4 Å². The fourth-order valence-electron chi connectivity index (χ4n) is 2.34. The molecule has 3 N–H and O–H groups in total. The molecule has 2 aromatic rings. The summed E-state index contributed by atoms with van der Waals surface area (Å²) in [5, 5.41) is 9.83. The molecule has 0 aromatic heterocycles. The van der Waals surface area contributed by atoms with E-state index in [1.54, 1.807) is 25.1 Å². The molecule has 0 atom stereocenters. The average molecular weight is 372 g/mol. The van der Waals surface area contributed by atoms with Crippen LogP contribution in [-0.4, -0.2) is 30.6 Å². The van der Waals surface area contributed by atoms with Gasteiger partial charge in [-0.3, -0.25) is 20.4 Å². The minimum Gasteiger partial charge on any atom is -0.507 e. The summed E-state index contributed by atoms with van der Waals surface area (Å²) in [5.74, 6) is -0.310. The van der Waals surface area contributed by atoms with E-state index in [9.17, 15) is 14.7 Å². The van der Waals surface area contributed by atoms with Gasteiger partial charge >= 0.3 is 0 Å². The normalized spacial score (nSPS) is 10.2. The summed E-state index contributed by atoms with van der Waals surface area (Å²) in [4.78, 5) is 24.4. The second kappa shape index (κ2) is 9.47. The fraction of sp³-hybridized carbons (Fsp3) is 0.300. The van der Waals surface area contributed by atoms with Crippen molar-refractivity contribution in [2.75, 3.05) is 13.7 Å². The molecule has 2 rings (SSSR count). The zero-order chi connectivity index (χ0) is 19.8. The van der Waals surface area contributed by atoms with Gasteiger partial charge in [0.15, 0.2) is 11.5 Å². The summed E-state index contributed by atoms with van der Waals surface area (Å²) in [5.41, 5.74) is 5.78. The maximum absolute atomic E-state index is 12.3. The van der Waals surface area contributed by atoms with E-state index in [0.29, 0.717) is 23.7 Å². The first-order chi connectivity index (χ1) is 13.0. The molecule has 0 fully saturated rings. The Hall–Kier alpha value is -3.22. The van der Waals surface area contributed by atoms with Crippen molar-refractivity contribution in [2.45, 2.75) is 26.7 Å². The summed E-state index contributed by atoms with van der Waals surface area (Å²) in [6.07, 6.45) is 1.93. The van der Waals surface area contributed by atoms with Gasteiger partial charge in [0, 0.05) is 5.56 Å². The van der Waals surface area contributed by atoms with Gasteiger partial charge in [0.1, 0.15) is 5.75 Å². The van der Waals surface area contributed by atoms with Crippen LogP contribution in [-0.2, 0) is 0 Å². The third-order valence-corrected chi connectivity index (χ3v) is 3.87. The van der Waals surface area contributed by atoms with Crippen LogP contribution in [0.4, 0.5) is 0 Å². The number of nitrogens with one attached hydrogen (secondary N) is 2. The third kappa shape index (κ3) is 5.37. The first kappa shape index (κ1) is 20.1. The van der Waals surface area contributed by atoms with Gasteiger partial charge in [-0.15, -0.1) is 0 Å². The van der Waals surface area contributed by atoms with Gasteiger partial charge < -0.3 is 14.6 Å². The highest BCUT2D eigenvalue weighted by atomic mass is 16.5. The fourth-order valence-corrected chi connectivity index (χ4v) is 2.34. The summed E-state index contributed by atoms with van der Waals surface area (Å²) in [7, 11) is 1.49. The van der Waals surface area contributed by atoms with E-state index in [-0.39, 0.29) is 11.3 Å². The van der Waals surface area contributed by atoms with E-state index in [1.165, 1.54) is 25.3 Å². The van der Waals surface area contributed by atoms with Gasteiger partial charge in [-0.2, -0.15) is 0 Å². The first-order valence-corrected chi connectivity index (χ1v) is 8.67. The molecule has 2 aromatic carbocycles. The van der Waals surface area contributed by atoms with Crippen LogP contribution in [0.15, 0.2) is 36.4 Å². The standard InChI is InChI=1S/C20H24N2O5/c1-4-5-10-27-17-9-7-14(12-18(17)26-3)19(24)21-22-20(25)15-8-6-13(2)11-16(15)23/h6-9,11-12,23H,4-5,10H2,1-3H3,(H,21,24)(H,22,25). The van der Waals surface area contributed by atoms with Crippen molar-refractivity contribution < 1.29 is 24.2 Å². The third-order valence-electron chi connectivity index (χ3n) is 3.87. The highest BCUT2D eigenvalue weighted by Crippen LogP contribution is 2.28. The minimum atomic E-state index is -0.618. The number of hydrogen-bond donors (Lipinski definition) is 3. The van der Waals surface area contributed by atoms with Crippen LogP contribution >= 0.6 is 0 Å². The van der Waals surface area contributed by atoms with E-state index < -0.39 is 11.8 Å². The highest BCUT2D eigenvalue weighted by molar-refractivity contribution is 6.00. The molecule has 27 heavy (non-hydrogen) atoms. The zero-order valence-electron chi connectivity index (χ0n) is 15.7. The van der Waals surface area contributed by atoms with Gasteiger partial charge in [-0.05, 0) is 49.2 Å². The molecule has 2 amide bonds. The monoisotopic (exact) mass is 372 g/mol. The Morgan fingerprint density at radius 2 is 1.78 bits per heavy atom. The molecule has 0 heterocycles. The van der Waals surface area contributed by atoms with E-state index in [1.807, 2.05) is 0 Å². The van der Waals surface area contributed by atoms with Crippen molar-refractivity contribution in [1.82, 2.24) is 10.9 Å². The average Bonchev–Trinajstić information content (AvgIpc) is 2.66. The summed E-state index contributed by atoms with van der Waals surface area (Å²) in [6, 6.07) is 9.41. The molecular formula is C20H24N2O5. The van der Waals surface area contributed by atoms with Crippen LogP contribution in [0.1, 0.15) is 46.0 Å². The molecule has 0 bridgehead atoms. The maximum Gasteiger partial charge on any atom is 0.273 e. The largest absolute Gasteiger partial charge is 0.507 e. The second-order valence-corrected chi connectivity index (χ2v) is 6.00. The predicted molar refractivity (Wildman–Crippen MR) is 101 cm³/mol. The Labute approximate surface area is 158 Å². The molecule has 0 saturated heterocycles. The number of aromatic hydroxyl groups is 1. The van der Waals surface area contributed by atoms with E-state index >= 15 is 0 Å². The Morgan fingerprint density at radius 3 is 2.44 bits per heavy atom. The van der Waals surface area contributed by atoms with Gasteiger partial charge in [0.05, 0.1) is 19.3 Å². The quantitative estimate of drug-likeness (QED) is 0.513. The minimum absolute atomic E-state index is 0.0677. The molecule has 0 aliphatic rings. The molecule has 144 valence electrons. The number of hydrazine groups is 1. The van der Waals surface area contributed by atoms with Crippen LogP contribution in [0.3, 0.4) is 0 Å². The van der Waals surface area contributed by atoms with Gasteiger partial charge in [-0.25, -0.2) is 0 Å². The van der Waals surface area contributed by atoms with Crippen molar-refractivity contribution in [3.63, 3.8) is 0 Å². The number of phenolic OH excluding ortho intramolecular Hbond substituents is 1. The van der Waals surface area contributed by atoms with Crippen molar-refractivity contribution in [3.05, 3.63) is 53.1 Å². The first-order valence-electron chi connectivity index (χ1n) is 8.67. The van der Waals surface area contributed by atoms with Crippen LogP contribution in [0.5, 0.6) is 17.2 Å². The lowest BCUT2D eigenvalue weighted by Gasteiger charge is -2.13. The lowest BCUT2D eigenvalue weighted by molar-refractivity contribution is 0.0845. The molecule has 0 saturated carbocycles. The number of aryl methyl sites for hydroxylation is 1. The van der Waals surface area contributed by atoms with Crippen molar-refractivity contribution in [3.8, 4) is 17.2 Å². The SMILES string of the molecule is CCCCOc1ccc(C(=O)NNC(=O)c2ccc(C)cc2O)cc1OC. The molecule has 0 aliphatic heterocycles. The number of methoxy groups -OCH3 is 1. The van der Waals surface area contributed by atoms with Crippen molar-refractivity contribution >= 4 is 11.8 Å². The number of unbranched alkanes of at least 4 members (excludes halogenated alkanes) is 1. The molecule has 7 nitrogen and oxygen atoms in total. The summed E-state index contributed by atoms with van der Waals surface area (Å²) in [6.45, 7) is 4.43. The Bertz CT molecular complexity index is 820.